The second-order valence-corrected chi connectivity index (χ2v) is 7.34. The number of nitrogens with zero attached hydrogens (tertiary/aromatic N) is 1. The van der Waals surface area contributed by atoms with Gasteiger partial charge in [-0.25, -0.2) is 9.18 Å². The van der Waals surface area contributed by atoms with Crippen molar-refractivity contribution in [1.82, 2.24) is 10.4 Å². The minimum atomic E-state index is -1.75. The van der Waals surface area contributed by atoms with Crippen molar-refractivity contribution in [2.75, 3.05) is 6.54 Å². The number of halogens is 1. The van der Waals surface area contributed by atoms with Gasteiger partial charge in [-0.3, -0.25) is 14.4 Å². The smallest absolute Gasteiger partial charge is 0.333 e. The van der Waals surface area contributed by atoms with Gasteiger partial charge in [-0.05, 0) is 38.5 Å². The minimum absolute atomic E-state index is 0.0713. The molecule has 3 amide bonds. The quantitative estimate of drug-likeness (QED) is 0.513. The molecular weight excluding hydrogens is 355 g/mol. The molecule has 1 heterocycles. The third kappa shape index (κ3) is 6.59. The SMILES string of the molecule is O=C(CCCCCNC(=O)C1(F)CCCCCCC1)ON1C(=O)CCC1=O. The lowest BCUT2D eigenvalue weighted by Gasteiger charge is -2.26. The number of hydrogen-bond acceptors (Lipinski definition) is 5. The van der Waals surface area contributed by atoms with Crippen molar-refractivity contribution in [3.8, 4) is 0 Å². The third-order valence-corrected chi connectivity index (χ3v) is 5.10. The molecule has 1 saturated carbocycles. The maximum Gasteiger partial charge on any atom is 0.333 e. The fourth-order valence-electron chi connectivity index (χ4n) is 3.43. The van der Waals surface area contributed by atoms with Crippen LogP contribution in [0.2, 0.25) is 0 Å². The first-order chi connectivity index (χ1) is 12.9. The van der Waals surface area contributed by atoms with Crippen molar-refractivity contribution in [1.29, 1.82) is 0 Å². The van der Waals surface area contributed by atoms with Crippen molar-refractivity contribution in [2.45, 2.75) is 89.1 Å². The van der Waals surface area contributed by atoms with E-state index in [-0.39, 0.29) is 19.3 Å². The molecule has 8 heteroatoms. The summed E-state index contributed by atoms with van der Waals surface area (Å²) in [6, 6.07) is 0. The van der Waals surface area contributed by atoms with E-state index in [9.17, 15) is 23.6 Å². The number of amides is 3. The Morgan fingerprint density at radius 2 is 1.56 bits per heavy atom. The van der Waals surface area contributed by atoms with E-state index in [2.05, 4.69) is 5.32 Å². The second kappa shape index (κ2) is 10.4. The summed E-state index contributed by atoms with van der Waals surface area (Å²) in [4.78, 5) is 51.3. The topological polar surface area (TPSA) is 92.8 Å². The Bertz CT molecular complexity index is 542. The van der Waals surface area contributed by atoms with E-state index < -0.39 is 29.4 Å². The zero-order valence-corrected chi connectivity index (χ0v) is 15.8. The number of imide groups is 1. The molecule has 0 aromatic carbocycles. The molecule has 0 bridgehead atoms. The lowest BCUT2D eigenvalue weighted by Crippen LogP contribution is -2.44. The van der Waals surface area contributed by atoms with Crippen LogP contribution in [-0.4, -0.2) is 41.0 Å². The highest BCUT2D eigenvalue weighted by molar-refractivity contribution is 6.01. The van der Waals surface area contributed by atoms with Crippen molar-refractivity contribution >= 4 is 23.7 Å². The largest absolute Gasteiger partial charge is 0.353 e. The lowest BCUT2D eigenvalue weighted by atomic mass is 9.88. The fraction of sp³-hybridized carbons (Fsp3) is 0.789. The van der Waals surface area contributed by atoms with Crippen LogP contribution in [-0.2, 0) is 24.0 Å². The number of hydrogen-bond donors (Lipinski definition) is 1. The molecule has 7 nitrogen and oxygen atoms in total. The molecule has 0 spiro atoms. The van der Waals surface area contributed by atoms with E-state index in [4.69, 9.17) is 4.84 Å². The molecule has 2 rings (SSSR count). The predicted molar refractivity (Wildman–Crippen MR) is 94.8 cm³/mol. The fourth-order valence-corrected chi connectivity index (χ4v) is 3.43. The minimum Gasteiger partial charge on any atom is -0.353 e. The Balaban J connectivity index is 1.57. The van der Waals surface area contributed by atoms with Crippen molar-refractivity contribution in [3.05, 3.63) is 0 Å². The zero-order valence-electron chi connectivity index (χ0n) is 15.8. The maximum absolute atomic E-state index is 14.8. The molecular formula is C19H29FN2O5. The van der Waals surface area contributed by atoms with Gasteiger partial charge in [0.2, 0.25) is 0 Å². The standard InChI is InChI=1S/C19H29FN2O5/c20-19(12-6-2-1-3-7-13-19)18(26)21-14-8-4-5-9-17(25)27-22-15(23)10-11-16(22)24/h1-14H2,(H,21,26). The predicted octanol–water partition coefficient (Wildman–Crippen LogP) is 2.72. The van der Waals surface area contributed by atoms with Gasteiger partial charge in [0.1, 0.15) is 0 Å². The lowest BCUT2D eigenvalue weighted by molar-refractivity contribution is -0.197. The van der Waals surface area contributed by atoms with E-state index in [1.54, 1.807) is 0 Å². The van der Waals surface area contributed by atoms with Gasteiger partial charge in [0.15, 0.2) is 5.67 Å². The van der Waals surface area contributed by atoms with Gasteiger partial charge in [-0.2, -0.15) is 0 Å². The molecule has 27 heavy (non-hydrogen) atoms. The summed E-state index contributed by atoms with van der Waals surface area (Å²) in [5.74, 6) is -2.13. The van der Waals surface area contributed by atoms with Crippen LogP contribution in [0.5, 0.6) is 0 Å². The van der Waals surface area contributed by atoms with Gasteiger partial charge < -0.3 is 10.2 Å². The molecule has 0 aromatic rings. The highest BCUT2D eigenvalue weighted by Crippen LogP contribution is 2.30. The van der Waals surface area contributed by atoms with Crippen LogP contribution in [0.3, 0.4) is 0 Å². The van der Waals surface area contributed by atoms with Crippen LogP contribution in [0.15, 0.2) is 0 Å². The first-order valence-electron chi connectivity index (χ1n) is 9.96. The normalized spacial score (nSPS) is 20.1. The van der Waals surface area contributed by atoms with Crippen molar-refractivity contribution in [2.24, 2.45) is 0 Å². The highest BCUT2D eigenvalue weighted by Gasteiger charge is 2.37. The molecule has 152 valence electrons. The van der Waals surface area contributed by atoms with E-state index in [1.807, 2.05) is 0 Å². The van der Waals surface area contributed by atoms with Gasteiger partial charge in [-0.1, -0.05) is 25.7 Å². The first kappa shape index (κ1) is 21.3. The van der Waals surface area contributed by atoms with Crippen molar-refractivity contribution in [3.63, 3.8) is 0 Å². The third-order valence-electron chi connectivity index (χ3n) is 5.10. The number of rotatable bonds is 8. The van der Waals surface area contributed by atoms with Crippen LogP contribution < -0.4 is 5.32 Å². The molecule has 1 N–H and O–H groups in total. The van der Waals surface area contributed by atoms with Gasteiger partial charge >= 0.3 is 5.97 Å². The van der Waals surface area contributed by atoms with Gasteiger partial charge in [0, 0.05) is 25.8 Å². The number of unbranched alkanes of at least 4 members (excludes halogenated alkanes) is 2. The number of carbonyl (C=O) groups excluding carboxylic acids is 4. The van der Waals surface area contributed by atoms with Gasteiger partial charge in [0.05, 0.1) is 0 Å². The Morgan fingerprint density at radius 1 is 0.963 bits per heavy atom. The molecule has 0 radical (unpaired) electrons. The van der Waals surface area contributed by atoms with E-state index >= 15 is 0 Å². The van der Waals surface area contributed by atoms with E-state index in [0.717, 1.165) is 32.1 Å². The van der Waals surface area contributed by atoms with Crippen LogP contribution in [0.4, 0.5) is 4.39 Å². The Hall–Kier alpha value is -1.99. The summed E-state index contributed by atoms with van der Waals surface area (Å²) in [5.41, 5.74) is -1.75. The molecule has 0 aromatic heterocycles. The highest BCUT2D eigenvalue weighted by atomic mass is 19.1. The molecule has 1 aliphatic heterocycles. The van der Waals surface area contributed by atoms with Crippen LogP contribution in [0, 0.1) is 0 Å². The second-order valence-electron chi connectivity index (χ2n) is 7.34. The summed E-state index contributed by atoms with van der Waals surface area (Å²) < 4.78 is 14.8. The summed E-state index contributed by atoms with van der Waals surface area (Å²) in [6.45, 7) is 0.364. The van der Waals surface area contributed by atoms with Crippen molar-refractivity contribution < 1.29 is 28.4 Å². The Kier molecular flexibility index (Phi) is 8.19. The molecule has 1 aliphatic carbocycles. The van der Waals surface area contributed by atoms with Gasteiger partial charge in [0.25, 0.3) is 17.7 Å². The number of carbonyl (C=O) groups is 4. The Labute approximate surface area is 158 Å². The van der Waals surface area contributed by atoms with E-state index in [1.165, 1.54) is 0 Å². The summed E-state index contributed by atoms with van der Waals surface area (Å²) in [6.07, 6.45) is 7.13. The van der Waals surface area contributed by atoms with E-state index in [0.29, 0.717) is 43.7 Å². The zero-order chi connectivity index (χ0) is 19.7. The van der Waals surface area contributed by atoms with Crippen LogP contribution in [0.25, 0.3) is 0 Å². The van der Waals surface area contributed by atoms with Crippen LogP contribution in [0.1, 0.15) is 83.5 Å². The Morgan fingerprint density at radius 3 is 2.19 bits per heavy atom. The number of hydroxylamine groups is 2. The summed E-state index contributed by atoms with van der Waals surface area (Å²) >= 11 is 0. The monoisotopic (exact) mass is 384 g/mol. The number of alkyl halides is 1. The van der Waals surface area contributed by atoms with Crippen LogP contribution >= 0.6 is 0 Å². The molecule has 0 unspecified atom stereocenters. The molecule has 2 aliphatic rings. The summed E-state index contributed by atoms with van der Waals surface area (Å²) in [5, 5.41) is 3.21. The number of nitrogens with one attached hydrogen (secondary N) is 1. The average molecular weight is 384 g/mol. The summed E-state index contributed by atoms with van der Waals surface area (Å²) in [7, 11) is 0. The van der Waals surface area contributed by atoms with Gasteiger partial charge in [-0.15, -0.1) is 5.06 Å². The average Bonchev–Trinajstić information content (AvgIpc) is 2.93. The molecule has 1 saturated heterocycles. The molecule has 0 atom stereocenters. The first-order valence-corrected chi connectivity index (χ1v) is 9.96. The maximum atomic E-state index is 14.8. The molecule has 2 fully saturated rings.